The Hall–Kier alpha value is -0.860. The highest BCUT2D eigenvalue weighted by atomic mass is 16.6. The molecule has 0 radical (unpaired) electrons. The molecule has 0 aromatic rings. The van der Waals surface area contributed by atoms with Gasteiger partial charge in [0, 0.05) is 0 Å². The van der Waals surface area contributed by atoms with E-state index in [1.807, 2.05) is 27.0 Å². The Kier molecular flexibility index (Phi) is 7.19. The quantitative estimate of drug-likeness (QED) is 0.509. The highest BCUT2D eigenvalue weighted by Gasteiger charge is 2.19. The first-order valence-corrected chi connectivity index (χ1v) is 6.92. The molecular formula is C15H29NO2. The van der Waals surface area contributed by atoms with Crippen molar-refractivity contribution in [3.8, 4) is 0 Å². The van der Waals surface area contributed by atoms with Crippen LogP contribution in [0.2, 0.25) is 0 Å². The predicted molar refractivity (Wildman–Crippen MR) is 77.1 cm³/mol. The standard InChI is InChI=1S/C15H29NO2/c1-7-9-15(6,8-2)10-11-16-12-13(17)18-14(3,4)5/h11H,7-10,12H2,1-6H3. The lowest BCUT2D eigenvalue weighted by Gasteiger charge is -2.25. The number of esters is 1. The Balaban J connectivity index is 4.07. The minimum atomic E-state index is -0.424. The van der Waals surface area contributed by atoms with Gasteiger partial charge in [0.05, 0.1) is 0 Å². The molecule has 3 nitrogen and oxygen atoms in total. The maximum absolute atomic E-state index is 11.4. The fourth-order valence-corrected chi connectivity index (χ4v) is 1.82. The first kappa shape index (κ1) is 17.1. The molecule has 0 rings (SSSR count). The molecule has 0 aromatic carbocycles. The van der Waals surface area contributed by atoms with Crippen molar-refractivity contribution in [1.29, 1.82) is 0 Å². The molecule has 0 saturated carbocycles. The first-order valence-electron chi connectivity index (χ1n) is 6.92. The summed E-state index contributed by atoms with van der Waals surface area (Å²) in [4.78, 5) is 15.6. The number of nitrogens with zero attached hydrogens (tertiary/aromatic N) is 1. The second-order valence-corrected chi connectivity index (χ2v) is 6.23. The van der Waals surface area contributed by atoms with Gasteiger partial charge in [-0.15, -0.1) is 0 Å². The van der Waals surface area contributed by atoms with Crippen LogP contribution in [0.4, 0.5) is 0 Å². The fraction of sp³-hybridized carbons (Fsp3) is 0.867. The molecule has 0 amide bonds. The fourth-order valence-electron chi connectivity index (χ4n) is 1.82. The van der Waals surface area contributed by atoms with E-state index < -0.39 is 5.60 Å². The Labute approximate surface area is 112 Å². The molecule has 0 bridgehead atoms. The third kappa shape index (κ3) is 8.26. The van der Waals surface area contributed by atoms with E-state index in [0.29, 0.717) is 5.41 Å². The molecule has 18 heavy (non-hydrogen) atoms. The summed E-state index contributed by atoms with van der Waals surface area (Å²) in [5.74, 6) is -0.257. The topological polar surface area (TPSA) is 38.7 Å². The van der Waals surface area contributed by atoms with Crippen molar-refractivity contribution in [2.75, 3.05) is 6.54 Å². The smallest absolute Gasteiger partial charge is 0.328 e. The molecular weight excluding hydrogens is 226 g/mol. The summed E-state index contributed by atoms with van der Waals surface area (Å²) in [6.45, 7) is 12.4. The van der Waals surface area contributed by atoms with E-state index >= 15 is 0 Å². The van der Waals surface area contributed by atoms with Crippen molar-refractivity contribution in [2.24, 2.45) is 10.4 Å². The number of hydrogen-bond acceptors (Lipinski definition) is 3. The third-order valence-electron chi connectivity index (χ3n) is 3.06. The van der Waals surface area contributed by atoms with Gasteiger partial charge < -0.3 is 4.74 Å². The molecule has 1 unspecified atom stereocenters. The summed E-state index contributed by atoms with van der Waals surface area (Å²) in [6.07, 6.45) is 6.33. The molecule has 0 saturated heterocycles. The van der Waals surface area contributed by atoms with Crippen LogP contribution in [0, 0.1) is 5.41 Å². The van der Waals surface area contributed by atoms with Crippen LogP contribution >= 0.6 is 0 Å². The van der Waals surface area contributed by atoms with Crippen LogP contribution in [0.1, 0.15) is 67.2 Å². The number of hydrogen-bond donors (Lipinski definition) is 0. The minimum Gasteiger partial charge on any atom is -0.459 e. The lowest BCUT2D eigenvalue weighted by Crippen LogP contribution is -2.25. The predicted octanol–water partition coefficient (Wildman–Crippen LogP) is 4.01. The second kappa shape index (κ2) is 7.55. The van der Waals surface area contributed by atoms with E-state index in [0.717, 1.165) is 12.8 Å². The minimum absolute atomic E-state index is 0.128. The average molecular weight is 255 g/mol. The largest absolute Gasteiger partial charge is 0.459 e. The van der Waals surface area contributed by atoms with Gasteiger partial charge in [-0.2, -0.15) is 0 Å². The maximum Gasteiger partial charge on any atom is 0.328 e. The van der Waals surface area contributed by atoms with E-state index in [4.69, 9.17) is 4.74 Å². The van der Waals surface area contributed by atoms with Gasteiger partial charge in [-0.05, 0) is 45.2 Å². The van der Waals surface area contributed by atoms with Crippen molar-refractivity contribution in [2.45, 2.75) is 72.8 Å². The molecule has 0 heterocycles. The molecule has 0 N–H and O–H groups in total. The van der Waals surface area contributed by atoms with Gasteiger partial charge in [-0.3, -0.25) is 9.79 Å². The normalized spacial score (nSPS) is 15.7. The Morgan fingerprint density at radius 3 is 2.28 bits per heavy atom. The number of rotatable bonds is 7. The summed E-state index contributed by atoms with van der Waals surface area (Å²) in [5.41, 5.74) is -0.112. The summed E-state index contributed by atoms with van der Waals surface area (Å²) in [6, 6.07) is 0. The molecule has 0 aliphatic heterocycles. The molecule has 0 aliphatic rings. The van der Waals surface area contributed by atoms with E-state index in [1.165, 1.54) is 12.8 Å². The summed E-state index contributed by atoms with van der Waals surface area (Å²) in [7, 11) is 0. The van der Waals surface area contributed by atoms with Crippen LogP contribution in [0.15, 0.2) is 4.99 Å². The van der Waals surface area contributed by atoms with Crippen LogP contribution < -0.4 is 0 Å². The summed E-state index contributed by atoms with van der Waals surface area (Å²) in [5, 5.41) is 0. The van der Waals surface area contributed by atoms with Crippen LogP contribution in [-0.2, 0) is 9.53 Å². The van der Waals surface area contributed by atoms with Crippen molar-refractivity contribution in [3.63, 3.8) is 0 Å². The van der Waals surface area contributed by atoms with Crippen molar-refractivity contribution < 1.29 is 9.53 Å². The lowest BCUT2D eigenvalue weighted by atomic mass is 9.80. The zero-order valence-electron chi connectivity index (χ0n) is 12.9. The lowest BCUT2D eigenvalue weighted by molar-refractivity contribution is -0.152. The van der Waals surface area contributed by atoms with Gasteiger partial charge in [0.15, 0.2) is 0 Å². The van der Waals surface area contributed by atoms with Gasteiger partial charge in [-0.25, -0.2) is 0 Å². The molecule has 106 valence electrons. The molecule has 0 spiro atoms. The zero-order chi connectivity index (χ0) is 14.2. The van der Waals surface area contributed by atoms with Crippen molar-refractivity contribution in [3.05, 3.63) is 0 Å². The van der Waals surface area contributed by atoms with Gasteiger partial charge in [0.2, 0.25) is 0 Å². The average Bonchev–Trinajstić information content (AvgIpc) is 2.22. The summed E-state index contributed by atoms with van der Waals surface area (Å²) < 4.78 is 5.19. The van der Waals surface area contributed by atoms with Crippen molar-refractivity contribution >= 4 is 12.2 Å². The Morgan fingerprint density at radius 1 is 1.22 bits per heavy atom. The molecule has 1 atom stereocenters. The summed E-state index contributed by atoms with van der Waals surface area (Å²) >= 11 is 0. The van der Waals surface area contributed by atoms with Gasteiger partial charge in [-0.1, -0.05) is 33.6 Å². The SMILES string of the molecule is CCCC(C)(CC)CC=NCC(=O)OC(C)(C)C. The molecule has 0 aliphatic carbocycles. The number of aliphatic imine (C=N–C) groups is 1. The second-order valence-electron chi connectivity index (χ2n) is 6.23. The van der Waals surface area contributed by atoms with Crippen LogP contribution in [0.25, 0.3) is 0 Å². The number of carbonyl (C=O) groups excluding carboxylic acids is 1. The molecule has 3 heteroatoms. The van der Waals surface area contributed by atoms with Crippen molar-refractivity contribution in [1.82, 2.24) is 0 Å². The van der Waals surface area contributed by atoms with E-state index in [9.17, 15) is 4.79 Å². The zero-order valence-corrected chi connectivity index (χ0v) is 12.9. The van der Waals surface area contributed by atoms with E-state index in [-0.39, 0.29) is 12.5 Å². The van der Waals surface area contributed by atoms with Crippen LogP contribution in [0.5, 0.6) is 0 Å². The first-order chi connectivity index (χ1) is 8.22. The maximum atomic E-state index is 11.4. The molecule has 0 aromatic heterocycles. The van der Waals surface area contributed by atoms with Gasteiger partial charge in [0.25, 0.3) is 0 Å². The highest BCUT2D eigenvalue weighted by Crippen LogP contribution is 2.30. The van der Waals surface area contributed by atoms with E-state index in [2.05, 4.69) is 25.8 Å². The van der Waals surface area contributed by atoms with Crippen LogP contribution in [-0.4, -0.2) is 24.3 Å². The Morgan fingerprint density at radius 2 is 1.83 bits per heavy atom. The highest BCUT2D eigenvalue weighted by molar-refractivity contribution is 5.74. The number of carbonyl (C=O) groups is 1. The van der Waals surface area contributed by atoms with Gasteiger partial charge >= 0.3 is 5.97 Å². The van der Waals surface area contributed by atoms with Gasteiger partial charge in [0.1, 0.15) is 12.1 Å². The number of ether oxygens (including phenoxy) is 1. The van der Waals surface area contributed by atoms with Crippen LogP contribution in [0.3, 0.4) is 0 Å². The Bertz CT molecular complexity index is 279. The molecule has 0 fully saturated rings. The van der Waals surface area contributed by atoms with E-state index in [1.54, 1.807) is 0 Å². The monoisotopic (exact) mass is 255 g/mol. The third-order valence-corrected chi connectivity index (χ3v) is 3.06.